The molecule has 1 saturated heterocycles. The molecule has 0 radical (unpaired) electrons. The van der Waals surface area contributed by atoms with Gasteiger partial charge < -0.3 is 30.2 Å². The van der Waals surface area contributed by atoms with Crippen molar-refractivity contribution in [3.05, 3.63) is 89.5 Å². The molecule has 0 spiro atoms. The first-order chi connectivity index (χ1) is 21.3. The van der Waals surface area contributed by atoms with Crippen molar-refractivity contribution in [1.82, 2.24) is 4.90 Å². The second kappa shape index (κ2) is 18.1. The van der Waals surface area contributed by atoms with Crippen LogP contribution in [0.2, 0.25) is 0 Å². The highest BCUT2D eigenvalue weighted by Gasteiger charge is 2.31. The molecule has 1 atom stereocenters. The maximum atomic E-state index is 12.1. The van der Waals surface area contributed by atoms with E-state index >= 15 is 0 Å². The molecule has 1 unspecified atom stereocenters. The van der Waals surface area contributed by atoms with Crippen molar-refractivity contribution >= 4 is 29.7 Å². The maximum absolute atomic E-state index is 12.1. The number of nitrogens with zero attached hydrogens (tertiary/aromatic N) is 1. The number of carbonyl (C=O) groups excluding carboxylic acids is 2. The van der Waals surface area contributed by atoms with E-state index in [9.17, 15) is 14.4 Å². The van der Waals surface area contributed by atoms with Crippen LogP contribution in [0.15, 0.2) is 72.8 Å². The Kier molecular flexibility index (Phi) is 13.9. The molecule has 1 heterocycles. The van der Waals surface area contributed by atoms with E-state index in [0.717, 1.165) is 54.9 Å². The van der Waals surface area contributed by atoms with E-state index in [1.807, 2.05) is 60.7 Å². The number of hydrogen-bond donors (Lipinski definition) is 3. The van der Waals surface area contributed by atoms with Gasteiger partial charge in [0.2, 0.25) is 11.8 Å². The van der Waals surface area contributed by atoms with Crippen LogP contribution in [0.4, 0.5) is 5.69 Å². The highest BCUT2D eigenvalue weighted by molar-refractivity contribution is 5.91. The van der Waals surface area contributed by atoms with Crippen LogP contribution < -0.4 is 14.8 Å². The molecule has 0 aromatic heterocycles. The van der Waals surface area contributed by atoms with Crippen LogP contribution in [0.1, 0.15) is 55.2 Å². The van der Waals surface area contributed by atoms with Gasteiger partial charge in [-0.15, -0.1) is 0 Å². The molecular weight excluding hydrogens is 558 g/mol. The fourth-order valence-electron chi connectivity index (χ4n) is 5.12. The van der Waals surface area contributed by atoms with Crippen LogP contribution in [-0.2, 0) is 33.6 Å². The van der Waals surface area contributed by atoms with E-state index in [2.05, 4.69) is 17.4 Å². The van der Waals surface area contributed by atoms with Crippen LogP contribution in [0.25, 0.3) is 0 Å². The van der Waals surface area contributed by atoms with Gasteiger partial charge in [0.25, 0.3) is 0 Å². The SMILES string of the molecule is COc1ccc(CCCc2cccc(NC(=O)CCC=N)c2)cc1OC.O=C(O)C1CCCCN1C(=O)Cc1ccccc1. The van der Waals surface area contributed by atoms with E-state index in [-0.39, 0.29) is 18.2 Å². The van der Waals surface area contributed by atoms with E-state index in [0.29, 0.717) is 25.8 Å². The van der Waals surface area contributed by atoms with Crippen molar-refractivity contribution in [3.8, 4) is 11.5 Å². The molecule has 1 aliphatic rings. The predicted octanol–water partition coefficient (Wildman–Crippen LogP) is 5.94. The fourth-order valence-corrected chi connectivity index (χ4v) is 5.12. The molecule has 9 nitrogen and oxygen atoms in total. The number of carboxylic acid groups (broad SMARTS) is 1. The zero-order valence-electron chi connectivity index (χ0n) is 25.6. The summed E-state index contributed by atoms with van der Waals surface area (Å²) in [5.41, 5.74) is 4.13. The molecular formula is C35H43N3O6. The lowest BCUT2D eigenvalue weighted by Gasteiger charge is -2.33. The Morgan fingerprint density at radius 1 is 0.909 bits per heavy atom. The molecule has 1 aliphatic heterocycles. The number of benzene rings is 3. The highest BCUT2D eigenvalue weighted by Crippen LogP contribution is 2.28. The van der Waals surface area contributed by atoms with Crippen LogP contribution in [0, 0.1) is 5.41 Å². The number of rotatable bonds is 13. The third kappa shape index (κ3) is 10.9. The third-order valence-electron chi connectivity index (χ3n) is 7.41. The minimum absolute atomic E-state index is 0.0593. The Morgan fingerprint density at radius 3 is 2.30 bits per heavy atom. The largest absolute Gasteiger partial charge is 0.493 e. The topological polar surface area (TPSA) is 129 Å². The summed E-state index contributed by atoms with van der Waals surface area (Å²) in [7, 11) is 3.28. The Balaban J connectivity index is 0.000000257. The second-order valence-corrected chi connectivity index (χ2v) is 10.6. The summed E-state index contributed by atoms with van der Waals surface area (Å²) in [6, 6.07) is 22.7. The smallest absolute Gasteiger partial charge is 0.326 e. The van der Waals surface area contributed by atoms with Crippen molar-refractivity contribution < 1.29 is 29.0 Å². The van der Waals surface area contributed by atoms with Crippen LogP contribution in [-0.4, -0.2) is 60.8 Å². The Morgan fingerprint density at radius 2 is 1.61 bits per heavy atom. The average Bonchev–Trinajstić information content (AvgIpc) is 3.04. The quantitative estimate of drug-likeness (QED) is 0.208. The first kappa shape index (κ1) is 33.8. The number of methoxy groups -OCH3 is 2. The normalized spacial score (nSPS) is 14.0. The minimum Gasteiger partial charge on any atom is -0.493 e. The molecule has 1 fully saturated rings. The lowest BCUT2D eigenvalue weighted by molar-refractivity contribution is -0.151. The Labute approximate surface area is 259 Å². The number of nitrogens with one attached hydrogen (secondary N) is 2. The zero-order valence-corrected chi connectivity index (χ0v) is 25.6. The minimum atomic E-state index is -0.892. The van der Waals surface area contributed by atoms with Gasteiger partial charge in [-0.2, -0.15) is 0 Å². The van der Waals surface area contributed by atoms with Gasteiger partial charge in [0.05, 0.1) is 20.6 Å². The van der Waals surface area contributed by atoms with Gasteiger partial charge in [-0.05, 0) is 92.1 Å². The first-order valence-corrected chi connectivity index (χ1v) is 15.0. The predicted molar refractivity (Wildman–Crippen MR) is 172 cm³/mol. The number of likely N-dealkylation sites (tertiary alicyclic amines) is 1. The van der Waals surface area contributed by atoms with Crippen molar-refractivity contribution in [2.24, 2.45) is 0 Å². The van der Waals surface area contributed by atoms with Crippen LogP contribution in [0.5, 0.6) is 11.5 Å². The number of carbonyl (C=O) groups is 3. The van der Waals surface area contributed by atoms with Gasteiger partial charge in [-0.3, -0.25) is 9.59 Å². The van der Waals surface area contributed by atoms with Crippen LogP contribution >= 0.6 is 0 Å². The number of anilines is 1. The Hall–Kier alpha value is -4.66. The molecule has 0 saturated carbocycles. The lowest BCUT2D eigenvalue weighted by atomic mass is 10.0. The van der Waals surface area contributed by atoms with E-state index in [4.69, 9.17) is 20.0 Å². The van der Waals surface area contributed by atoms with Crippen molar-refractivity contribution in [3.63, 3.8) is 0 Å². The summed E-state index contributed by atoms with van der Waals surface area (Å²) in [6.45, 7) is 0.558. The second-order valence-electron chi connectivity index (χ2n) is 10.6. The van der Waals surface area contributed by atoms with Gasteiger partial charge in [0.15, 0.2) is 11.5 Å². The van der Waals surface area contributed by atoms with Gasteiger partial charge in [-0.1, -0.05) is 48.5 Å². The molecule has 234 valence electrons. The maximum Gasteiger partial charge on any atom is 0.326 e. The standard InChI is InChI=1S/C21H26N2O3.C14H17NO3/c1-25-19-12-11-17(15-20(19)26-2)7-3-6-16-8-4-9-18(14-16)23-21(24)10-5-13-22;16-13(10-11-6-2-1-3-7-11)15-9-5-4-8-12(15)14(17)18/h4,8-9,11-15,22H,3,5-7,10H2,1-2H3,(H,23,24);1-3,6-7,12H,4-5,8-10H2,(H,17,18). The highest BCUT2D eigenvalue weighted by atomic mass is 16.5. The lowest BCUT2D eigenvalue weighted by Crippen LogP contribution is -2.48. The molecule has 2 amide bonds. The zero-order chi connectivity index (χ0) is 31.7. The van der Waals surface area contributed by atoms with Gasteiger partial charge in [-0.25, -0.2) is 4.79 Å². The number of hydrogen-bond acceptors (Lipinski definition) is 6. The summed E-state index contributed by atoms with van der Waals surface area (Å²) < 4.78 is 10.6. The van der Waals surface area contributed by atoms with Gasteiger partial charge in [0, 0.05) is 18.7 Å². The first-order valence-electron chi connectivity index (χ1n) is 15.0. The van der Waals surface area contributed by atoms with Crippen molar-refractivity contribution in [1.29, 1.82) is 5.41 Å². The fraction of sp³-hybridized carbons (Fsp3) is 0.371. The number of aryl methyl sites for hydroxylation is 2. The molecule has 44 heavy (non-hydrogen) atoms. The van der Waals surface area contributed by atoms with Gasteiger partial charge >= 0.3 is 5.97 Å². The molecule has 9 heteroatoms. The van der Waals surface area contributed by atoms with Crippen molar-refractivity contribution in [2.45, 2.75) is 63.8 Å². The number of ether oxygens (including phenoxy) is 2. The molecule has 0 bridgehead atoms. The van der Waals surface area contributed by atoms with Gasteiger partial charge in [0.1, 0.15) is 6.04 Å². The summed E-state index contributed by atoms with van der Waals surface area (Å²) in [4.78, 5) is 36.5. The van der Waals surface area contributed by atoms with Crippen molar-refractivity contribution in [2.75, 3.05) is 26.1 Å². The molecule has 0 aliphatic carbocycles. The summed E-state index contributed by atoms with van der Waals surface area (Å²) in [5, 5.41) is 19.0. The molecule has 3 aromatic rings. The molecule has 4 rings (SSSR count). The Bertz CT molecular complexity index is 1380. The number of amides is 2. The van der Waals surface area contributed by atoms with Crippen LogP contribution in [0.3, 0.4) is 0 Å². The monoisotopic (exact) mass is 601 g/mol. The van der Waals surface area contributed by atoms with E-state index in [1.54, 1.807) is 14.2 Å². The number of carboxylic acids is 1. The molecule has 3 N–H and O–H groups in total. The summed E-state index contributed by atoms with van der Waals surface area (Å²) >= 11 is 0. The number of aliphatic carboxylic acids is 1. The van der Waals surface area contributed by atoms with E-state index in [1.165, 1.54) is 22.2 Å². The average molecular weight is 602 g/mol. The third-order valence-corrected chi connectivity index (χ3v) is 7.41. The number of piperidine rings is 1. The molecule has 3 aromatic carbocycles. The summed E-state index contributed by atoms with van der Waals surface area (Å²) in [6.07, 6.45) is 7.56. The summed E-state index contributed by atoms with van der Waals surface area (Å²) in [5.74, 6) is 0.447. The van der Waals surface area contributed by atoms with E-state index < -0.39 is 12.0 Å².